The molecule has 11 heteroatoms. The minimum Gasteiger partial charge on any atom is -0.493 e. The van der Waals surface area contributed by atoms with E-state index in [1.807, 2.05) is 0 Å². The SMILES string of the molecule is COC(=O)C(Nc1ccc(C(=N)NO)cc1)c1cc(OC)c(OC)cc1OCc1cccc(C(=O)O)c1. The van der Waals surface area contributed by atoms with Gasteiger partial charge in [0.15, 0.2) is 17.5 Å². The Morgan fingerprint density at radius 1 is 0.919 bits per heavy atom. The van der Waals surface area contributed by atoms with E-state index in [1.165, 1.54) is 33.5 Å². The maximum atomic E-state index is 12.9. The molecule has 0 amide bonds. The number of carboxylic acid groups (broad SMARTS) is 1. The van der Waals surface area contributed by atoms with E-state index in [0.29, 0.717) is 33.9 Å². The number of esters is 1. The predicted molar refractivity (Wildman–Crippen MR) is 134 cm³/mol. The Labute approximate surface area is 213 Å². The van der Waals surface area contributed by atoms with Gasteiger partial charge in [-0.2, -0.15) is 0 Å². The van der Waals surface area contributed by atoms with Crippen LogP contribution in [0.25, 0.3) is 0 Å². The van der Waals surface area contributed by atoms with Gasteiger partial charge in [-0.1, -0.05) is 12.1 Å². The molecule has 0 aromatic heterocycles. The van der Waals surface area contributed by atoms with E-state index in [-0.39, 0.29) is 23.8 Å². The molecule has 3 rings (SSSR count). The molecule has 0 aliphatic carbocycles. The lowest BCUT2D eigenvalue weighted by Gasteiger charge is -2.23. The Bertz CT molecular complexity index is 1280. The summed E-state index contributed by atoms with van der Waals surface area (Å²) in [6.45, 7) is 0.0163. The van der Waals surface area contributed by atoms with Gasteiger partial charge in [0.05, 0.1) is 26.9 Å². The number of carbonyl (C=O) groups excluding carboxylic acids is 1. The molecule has 0 bridgehead atoms. The van der Waals surface area contributed by atoms with Crippen molar-refractivity contribution in [2.45, 2.75) is 12.6 Å². The number of aromatic carboxylic acids is 1. The van der Waals surface area contributed by atoms with Crippen molar-refractivity contribution in [3.63, 3.8) is 0 Å². The normalized spacial score (nSPS) is 11.1. The number of carbonyl (C=O) groups is 2. The summed E-state index contributed by atoms with van der Waals surface area (Å²) < 4.78 is 21.9. The largest absolute Gasteiger partial charge is 0.493 e. The Balaban J connectivity index is 2.00. The standard InChI is InChI=1S/C26H27N3O8/c1-34-21-12-19(23(26(32)36-3)28-18-9-7-16(8-10-18)24(27)29-33)20(13-22(21)35-2)37-14-15-5-4-6-17(11-15)25(30)31/h4-13,23,28,33H,14H2,1-3H3,(H2,27,29)(H,30,31). The van der Waals surface area contributed by atoms with Crippen LogP contribution in [0.3, 0.4) is 0 Å². The van der Waals surface area contributed by atoms with Gasteiger partial charge in [0.25, 0.3) is 0 Å². The zero-order valence-electron chi connectivity index (χ0n) is 20.4. The fraction of sp³-hybridized carbons (Fsp3) is 0.192. The first kappa shape index (κ1) is 26.8. The van der Waals surface area contributed by atoms with Gasteiger partial charge in [-0.3, -0.25) is 16.1 Å². The number of anilines is 1. The zero-order chi connectivity index (χ0) is 26.9. The molecule has 0 spiro atoms. The molecule has 0 saturated heterocycles. The maximum absolute atomic E-state index is 12.9. The fourth-order valence-corrected chi connectivity index (χ4v) is 3.53. The molecule has 0 fully saturated rings. The van der Waals surface area contributed by atoms with Crippen molar-refractivity contribution in [2.24, 2.45) is 0 Å². The van der Waals surface area contributed by atoms with Gasteiger partial charge in [0.1, 0.15) is 18.2 Å². The van der Waals surface area contributed by atoms with Crippen LogP contribution in [0.15, 0.2) is 60.7 Å². The maximum Gasteiger partial charge on any atom is 0.335 e. The van der Waals surface area contributed by atoms with Gasteiger partial charge in [0, 0.05) is 22.9 Å². The van der Waals surface area contributed by atoms with E-state index >= 15 is 0 Å². The van der Waals surface area contributed by atoms with Crippen molar-refractivity contribution in [3.8, 4) is 17.2 Å². The van der Waals surface area contributed by atoms with Crippen LogP contribution in [0.2, 0.25) is 0 Å². The number of nitrogens with one attached hydrogen (secondary N) is 3. The molecular weight excluding hydrogens is 482 g/mol. The van der Waals surface area contributed by atoms with Crippen LogP contribution in [0.4, 0.5) is 5.69 Å². The summed E-state index contributed by atoms with van der Waals surface area (Å²) in [5, 5.41) is 29.0. The number of rotatable bonds is 11. The third-order valence-corrected chi connectivity index (χ3v) is 5.43. The third-order valence-electron chi connectivity index (χ3n) is 5.43. The summed E-state index contributed by atoms with van der Waals surface area (Å²) in [6.07, 6.45) is 0. The van der Waals surface area contributed by atoms with Crippen molar-refractivity contribution >= 4 is 23.5 Å². The molecule has 3 aromatic rings. The summed E-state index contributed by atoms with van der Waals surface area (Å²) in [5.41, 5.74) is 3.85. The van der Waals surface area contributed by atoms with Gasteiger partial charge < -0.3 is 29.4 Å². The highest BCUT2D eigenvalue weighted by molar-refractivity contribution is 5.95. The molecule has 37 heavy (non-hydrogen) atoms. The minimum atomic E-state index is -1.06. The van der Waals surface area contributed by atoms with E-state index in [0.717, 1.165) is 0 Å². The topological polar surface area (TPSA) is 159 Å². The van der Waals surface area contributed by atoms with Crippen molar-refractivity contribution < 1.29 is 38.9 Å². The zero-order valence-corrected chi connectivity index (χ0v) is 20.4. The third kappa shape index (κ3) is 6.47. The fourth-order valence-electron chi connectivity index (χ4n) is 3.53. The number of methoxy groups -OCH3 is 3. The first-order chi connectivity index (χ1) is 17.8. The second-order valence-corrected chi connectivity index (χ2v) is 7.70. The number of hydroxylamine groups is 1. The second-order valence-electron chi connectivity index (χ2n) is 7.70. The van der Waals surface area contributed by atoms with Gasteiger partial charge in [0.2, 0.25) is 0 Å². The van der Waals surface area contributed by atoms with Gasteiger partial charge >= 0.3 is 11.9 Å². The molecule has 0 heterocycles. The summed E-state index contributed by atoms with van der Waals surface area (Å²) in [6, 6.07) is 14.9. The molecule has 0 radical (unpaired) electrons. The molecule has 3 aromatic carbocycles. The number of ether oxygens (including phenoxy) is 4. The van der Waals surface area contributed by atoms with Crippen LogP contribution in [-0.4, -0.2) is 49.4 Å². The number of hydrogen-bond acceptors (Lipinski definition) is 9. The van der Waals surface area contributed by atoms with E-state index in [4.69, 9.17) is 29.6 Å². The molecule has 0 saturated carbocycles. The summed E-state index contributed by atoms with van der Waals surface area (Å²) in [5.74, 6) is -0.851. The molecule has 194 valence electrons. The van der Waals surface area contributed by atoms with E-state index in [9.17, 15) is 14.7 Å². The Kier molecular flexibility index (Phi) is 8.90. The van der Waals surface area contributed by atoms with Crippen LogP contribution >= 0.6 is 0 Å². The molecule has 1 atom stereocenters. The highest BCUT2D eigenvalue weighted by Crippen LogP contribution is 2.39. The Morgan fingerprint density at radius 3 is 2.19 bits per heavy atom. The lowest BCUT2D eigenvalue weighted by Crippen LogP contribution is -2.23. The van der Waals surface area contributed by atoms with Crippen LogP contribution in [0.1, 0.15) is 33.1 Å². The number of benzene rings is 3. The van der Waals surface area contributed by atoms with E-state index in [2.05, 4.69) is 5.32 Å². The first-order valence-electron chi connectivity index (χ1n) is 11.0. The van der Waals surface area contributed by atoms with Gasteiger partial charge in [-0.25, -0.2) is 9.59 Å². The van der Waals surface area contributed by atoms with E-state index < -0.39 is 18.0 Å². The van der Waals surface area contributed by atoms with Crippen LogP contribution in [0.5, 0.6) is 17.2 Å². The molecule has 0 aliphatic heterocycles. The van der Waals surface area contributed by atoms with E-state index in [1.54, 1.807) is 54.0 Å². The van der Waals surface area contributed by atoms with Crippen LogP contribution < -0.4 is 25.0 Å². The first-order valence-corrected chi connectivity index (χ1v) is 11.0. The average molecular weight is 510 g/mol. The van der Waals surface area contributed by atoms with Crippen LogP contribution in [-0.2, 0) is 16.1 Å². The lowest BCUT2D eigenvalue weighted by molar-refractivity contribution is -0.141. The van der Waals surface area contributed by atoms with Gasteiger partial charge in [-0.05, 0) is 48.0 Å². The van der Waals surface area contributed by atoms with Crippen molar-refractivity contribution in [1.82, 2.24) is 5.48 Å². The second kappa shape index (κ2) is 12.3. The number of carboxylic acids is 1. The van der Waals surface area contributed by atoms with Crippen LogP contribution in [0, 0.1) is 5.41 Å². The minimum absolute atomic E-state index is 0.0163. The average Bonchev–Trinajstić information content (AvgIpc) is 2.93. The van der Waals surface area contributed by atoms with Gasteiger partial charge in [-0.15, -0.1) is 0 Å². The summed E-state index contributed by atoms with van der Waals surface area (Å²) >= 11 is 0. The Hall–Kier alpha value is -4.77. The highest BCUT2D eigenvalue weighted by atomic mass is 16.5. The smallest absolute Gasteiger partial charge is 0.335 e. The van der Waals surface area contributed by atoms with Crippen molar-refractivity contribution in [3.05, 3.63) is 82.9 Å². The molecule has 1 unspecified atom stereocenters. The molecular formula is C26H27N3O8. The quantitative estimate of drug-likeness (QED) is 0.112. The molecule has 0 aliphatic rings. The Morgan fingerprint density at radius 2 is 1.59 bits per heavy atom. The summed E-state index contributed by atoms with van der Waals surface area (Å²) in [4.78, 5) is 24.2. The number of hydrogen-bond donors (Lipinski definition) is 5. The van der Waals surface area contributed by atoms with Crippen molar-refractivity contribution in [2.75, 3.05) is 26.6 Å². The molecule has 11 nitrogen and oxygen atoms in total. The number of amidine groups is 1. The summed E-state index contributed by atoms with van der Waals surface area (Å²) in [7, 11) is 4.18. The monoisotopic (exact) mass is 509 g/mol. The predicted octanol–water partition coefficient (Wildman–Crippen LogP) is 3.61. The lowest BCUT2D eigenvalue weighted by atomic mass is 10.0. The highest BCUT2D eigenvalue weighted by Gasteiger charge is 2.27. The van der Waals surface area contributed by atoms with Crippen molar-refractivity contribution in [1.29, 1.82) is 5.41 Å². The molecule has 5 N–H and O–H groups in total.